The van der Waals surface area contributed by atoms with E-state index < -0.39 is 0 Å². The molecule has 0 bridgehead atoms. The minimum atomic E-state index is 0.272. The van der Waals surface area contributed by atoms with E-state index in [1.54, 1.807) is 14.2 Å². The smallest absolute Gasteiger partial charge is 0.127 e. The van der Waals surface area contributed by atoms with Crippen molar-refractivity contribution in [1.82, 2.24) is 5.32 Å². The van der Waals surface area contributed by atoms with Crippen molar-refractivity contribution in [2.75, 3.05) is 21.3 Å². The highest BCUT2D eigenvalue weighted by molar-refractivity contribution is 5.42. The number of benzene rings is 1. The molecule has 94 valence electrons. The molecule has 0 fully saturated rings. The van der Waals surface area contributed by atoms with Crippen LogP contribution in [0.25, 0.3) is 0 Å². The zero-order valence-electron chi connectivity index (χ0n) is 10.8. The van der Waals surface area contributed by atoms with Crippen molar-refractivity contribution in [1.29, 1.82) is 0 Å². The van der Waals surface area contributed by atoms with Crippen LogP contribution in [0.5, 0.6) is 11.5 Å². The first kappa shape index (κ1) is 13.6. The van der Waals surface area contributed by atoms with Gasteiger partial charge in [-0.25, -0.2) is 0 Å². The molecule has 0 aliphatic rings. The van der Waals surface area contributed by atoms with Gasteiger partial charge in [-0.15, -0.1) is 6.58 Å². The molecule has 0 spiro atoms. The Morgan fingerprint density at radius 1 is 1.35 bits per heavy atom. The molecule has 1 N–H and O–H groups in total. The standard InChI is InChI=1S/C14H21NO2/c1-5-6-7-13(15-2)12-9-8-11(16-3)10-14(12)17-4/h5,8-10,13,15H,1,6-7H2,2-4H3. The number of hydrogen-bond acceptors (Lipinski definition) is 3. The second kappa shape index (κ2) is 6.97. The van der Waals surface area contributed by atoms with Crippen LogP contribution in [0.1, 0.15) is 24.4 Å². The summed E-state index contributed by atoms with van der Waals surface area (Å²) >= 11 is 0. The second-order valence-corrected chi connectivity index (χ2v) is 3.82. The molecule has 0 radical (unpaired) electrons. The molecule has 1 aromatic carbocycles. The van der Waals surface area contributed by atoms with Gasteiger partial charge in [-0.1, -0.05) is 12.1 Å². The summed E-state index contributed by atoms with van der Waals surface area (Å²) in [6, 6.07) is 6.18. The maximum atomic E-state index is 5.40. The van der Waals surface area contributed by atoms with Crippen LogP contribution in [-0.2, 0) is 0 Å². The Morgan fingerprint density at radius 3 is 2.65 bits per heavy atom. The predicted octanol–water partition coefficient (Wildman–Crippen LogP) is 2.93. The third-order valence-corrected chi connectivity index (χ3v) is 2.82. The summed E-state index contributed by atoms with van der Waals surface area (Å²) in [6.07, 6.45) is 3.91. The van der Waals surface area contributed by atoms with E-state index in [4.69, 9.17) is 9.47 Å². The fourth-order valence-corrected chi connectivity index (χ4v) is 1.85. The van der Waals surface area contributed by atoms with E-state index in [-0.39, 0.29) is 6.04 Å². The SMILES string of the molecule is C=CCCC(NC)c1ccc(OC)cc1OC. The summed E-state index contributed by atoms with van der Waals surface area (Å²) in [7, 11) is 5.29. The Kier molecular flexibility index (Phi) is 5.57. The fourth-order valence-electron chi connectivity index (χ4n) is 1.85. The van der Waals surface area contributed by atoms with Crippen LogP contribution < -0.4 is 14.8 Å². The van der Waals surface area contributed by atoms with Gasteiger partial charge < -0.3 is 14.8 Å². The fraction of sp³-hybridized carbons (Fsp3) is 0.429. The highest BCUT2D eigenvalue weighted by Gasteiger charge is 2.14. The number of allylic oxidation sites excluding steroid dienone is 1. The largest absolute Gasteiger partial charge is 0.497 e. The summed E-state index contributed by atoms with van der Waals surface area (Å²) in [5.74, 6) is 1.66. The molecule has 0 amide bonds. The van der Waals surface area contributed by atoms with E-state index in [9.17, 15) is 0 Å². The van der Waals surface area contributed by atoms with E-state index >= 15 is 0 Å². The van der Waals surface area contributed by atoms with Gasteiger partial charge in [0, 0.05) is 17.7 Å². The molecule has 1 unspecified atom stereocenters. The van der Waals surface area contributed by atoms with E-state index in [0.717, 1.165) is 29.9 Å². The van der Waals surface area contributed by atoms with Gasteiger partial charge in [0.1, 0.15) is 11.5 Å². The van der Waals surface area contributed by atoms with E-state index in [0.29, 0.717) is 0 Å². The lowest BCUT2D eigenvalue weighted by Crippen LogP contribution is -2.17. The first-order chi connectivity index (χ1) is 8.26. The van der Waals surface area contributed by atoms with Crippen molar-refractivity contribution in [2.24, 2.45) is 0 Å². The molecule has 0 saturated carbocycles. The van der Waals surface area contributed by atoms with Gasteiger partial charge in [-0.2, -0.15) is 0 Å². The molecule has 0 heterocycles. The van der Waals surface area contributed by atoms with Crippen molar-refractivity contribution in [3.8, 4) is 11.5 Å². The van der Waals surface area contributed by atoms with Gasteiger partial charge in [0.25, 0.3) is 0 Å². The third kappa shape index (κ3) is 3.49. The normalized spacial score (nSPS) is 11.9. The monoisotopic (exact) mass is 235 g/mol. The lowest BCUT2D eigenvalue weighted by atomic mass is 10.0. The maximum absolute atomic E-state index is 5.40. The Bertz CT molecular complexity index is 363. The molecule has 0 aliphatic carbocycles. The molecular formula is C14H21NO2. The molecular weight excluding hydrogens is 214 g/mol. The first-order valence-corrected chi connectivity index (χ1v) is 5.76. The van der Waals surface area contributed by atoms with Gasteiger partial charge in [0.2, 0.25) is 0 Å². The number of ether oxygens (including phenoxy) is 2. The molecule has 1 atom stereocenters. The number of methoxy groups -OCH3 is 2. The molecule has 0 saturated heterocycles. The maximum Gasteiger partial charge on any atom is 0.127 e. The van der Waals surface area contributed by atoms with E-state index in [1.165, 1.54) is 0 Å². The molecule has 3 heteroatoms. The molecule has 0 aliphatic heterocycles. The Morgan fingerprint density at radius 2 is 2.12 bits per heavy atom. The van der Waals surface area contributed by atoms with Crippen molar-refractivity contribution in [3.05, 3.63) is 36.4 Å². The molecule has 17 heavy (non-hydrogen) atoms. The van der Waals surface area contributed by atoms with Crippen molar-refractivity contribution in [3.63, 3.8) is 0 Å². The van der Waals surface area contributed by atoms with E-state index in [2.05, 4.69) is 11.9 Å². The summed E-state index contributed by atoms with van der Waals surface area (Å²) in [4.78, 5) is 0. The predicted molar refractivity (Wildman–Crippen MR) is 70.8 cm³/mol. The average molecular weight is 235 g/mol. The zero-order chi connectivity index (χ0) is 12.7. The van der Waals surface area contributed by atoms with Gasteiger partial charge in [-0.05, 0) is 26.0 Å². The van der Waals surface area contributed by atoms with Crippen LogP contribution in [0.15, 0.2) is 30.9 Å². The molecule has 3 nitrogen and oxygen atoms in total. The van der Waals surface area contributed by atoms with E-state index in [1.807, 2.05) is 31.3 Å². The number of rotatable bonds is 7. The van der Waals surface area contributed by atoms with Crippen LogP contribution in [-0.4, -0.2) is 21.3 Å². The minimum Gasteiger partial charge on any atom is -0.497 e. The van der Waals surface area contributed by atoms with Crippen LogP contribution in [0.2, 0.25) is 0 Å². The van der Waals surface area contributed by atoms with Gasteiger partial charge in [0.15, 0.2) is 0 Å². The van der Waals surface area contributed by atoms with Crippen LogP contribution in [0.4, 0.5) is 0 Å². The van der Waals surface area contributed by atoms with Gasteiger partial charge >= 0.3 is 0 Å². The minimum absolute atomic E-state index is 0.272. The van der Waals surface area contributed by atoms with Crippen molar-refractivity contribution in [2.45, 2.75) is 18.9 Å². The zero-order valence-corrected chi connectivity index (χ0v) is 10.8. The first-order valence-electron chi connectivity index (χ1n) is 5.76. The van der Waals surface area contributed by atoms with Crippen LogP contribution in [0.3, 0.4) is 0 Å². The lowest BCUT2D eigenvalue weighted by molar-refractivity contribution is 0.384. The van der Waals surface area contributed by atoms with Gasteiger partial charge in [-0.3, -0.25) is 0 Å². The Balaban J connectivity index is 2.96. The second-order valence-electron chi connectivity index (χ2n) is 3.82. The summed E-state index contributed by atoms with van der Waals surface area (Å²) in [5, 5.41) is 3.30. The number of hydrogen-bond donors (Lipinski definition) is 1. The van der Waals surface area contributed by atoms with Crippen molar-refractivity contribution < 1.29 is 9.47 Å². The molecule has 0 aromatic heterocycles. The van der Waals surface area contributed by atoms with Crippen LogP contribution in [0, 0.1) is 0 Å². The third-order valence-electron chi connectivity index (χ3n) is 2.82. The number of nitrogens with one attached hydrogen (secondary N) is 1. The lowest BCUT2D eigenvalue weighted by Gasteiger charge is -2.19. The summed E-state index contributed by atoms with van der Waals surface area (Å²) in [6.45, 7) is 3.75. The highest BCUT2D eigenvalue weighted by Crippen LogP contribution is 2.31. The Hall–Kier alpha value is -1.48. The topological polar surface area (TPSA) is 30.5 Å². The summed E-state index contributed by atoms with van der Waals surface area (Å²) < 4.78 is 10.6. The molecule has 1 aromatic rings. The van der Waals surface area contributed by atoms with Crippen molar-refractivity contribution >= 4 is 0 Å². The quantitative estimate of drug-likeness (QED) is 0.737. The average Bonchev–Trinajstić information content (AvgIpc) is 2.39. The van der Waals surface area contributed by atoms with Gasteiger partial charge in [0.05, 0.1) is 14.2 Å². The van der Waals surface area contributed by atoms with Crippen LogP contribution >= 0.6 is 0 Å². The Labute approximate surface area is 103 Å². The molecule has 1 rings (SSSR count). The highest BCUT2D eigenvalue weighted by atomic mass is 16.5. The summed E-state index contributed by atoms with van der Waals surface area (Å²) in [5.41, 5.74) is 1.15.